The van der Waals surface area contributed by atoms with Gasteiger partial charge in [-0.05, 0) is 38.1 Å². The summed E-state index contributed by atoms with van der Waals surface area (Å²) in [4.78, 5) is 7.08. The molecule has 90 valence electrons. The molecule has 0 saturated carbocycles. The van der Waals surface area contributed by atoms with E-state index in [1.807, 2.05) is 22.8 Å². The van der Waals surface area contributed by atoms with E-state index in [9.17, 15) is 0 Å². The summed E-state index contributed by atoms with van der Waals surface area (Å²) in [5.41, 5.74) is 0.914. The highest BCUT2D eigenvalue weighted by atomic mass is 79.9. The standard InChI is InChI=1S/C12H15BrN4/c1-2-16-6-3-4-10(16)12-14-11-8-9(13)5-7-17(11)15-12/h5,7-8,10H,2-4,6H2,1H3. The molecule has 1 atom stereocenters. The molecule has 0 aliphatic carbocycles. The molecule has 17 heavy (non-hydrogen) atoms. The smallest absolute Gasteiger partial charge is 0.168 e. The minimum atomic E-state index is 0.402. The highest BCUT2D eigenvalue weighted by Gasteiger charge is 2.27. The summed E-state index contributed by atoms with van der Waals surface area (Å²) in [5, 5.41) is 4.58. The largest absolute Gasteiger partial charge is 0.294 e. The third-order valence-corrected chi connectivity index (χ3v) is 3.88. The average Bonchev–Trinajstić information content (AvgIpc) is 2.93. The van der Waals surface area contributed by atoms with E-state index in [-0.39, 0.29) is 0 Å². The maximum absolute atomic E-state index is 4.63. The van der Waals surface area contributed by atoms with Gasteiger partial charge < -0.3 is 0 Å². The van der Waals surface area contributed by atoms with Crippen LogP contribution in [0.15, 0.2) is 22.8 Å². The maximum Gasteiger partial charge on any atom is 0.168 e. The zero-order valence-corrected chi connectivity index (χ0v) is 11.4. The number of rotatable bonds is 2. The minimum absolute atomic E-state index is 0.402. The number of aromatic nitrogens is 3. The van der Waals surface area contributed by atoms with Gasteiger partial charge in [-0.2, -0.15) is 0 Å². The summed E-state index contributed by atoms with van der Waals surface area (Å²) in [6.45, 7) is 4.44. The van der Waals surface area contributed by atoms with Crippen LogP contribution in [-0.4, -0.2) is 32.6 Å². The topological polar surface area (TPSA) is 33.4 Å². The van der Waals surface area contributed by atoms with E-state index in [1.165, 1.54) is 19.4 Å². The predicted molar refractivity (Wildman–Crippen MR) is 69.9 cm³/mol. The van der Waals surface area contributed by atoms with Gasteiger partial charge in [-0.25, -0.2) is 9.50 Å². The van der Waals surface area contributed by atoms with E-state index in [1.54, 1.807) is 0 Å². The number of likely N-dealkylation sites (tertiary alicyclic amines) is 1. The lowest BCUT2D eigenvalue weighted by Crippen LogP contribution is -2.23. The van der Waals surface area contributed by atoms with Crippen molar-refractivity contribution in [2.75, 3.05) is 13.1 Å². The molecule has 0 amide bonds. The molecule has 1 aliphatic heterocycles. The van der Waals surface area contributed by atoms with E-state index < -0.39 is 0 Å². The number of fused-ring (bicyclic) bond motifs is 1. The second-order valence-electron chi connectivity index (χ2n) is 4.40. The van der Waals surface area contributed by atoms with Crippen molar-refractivity contribution in [2.45, 2.75) is 25.8 Å². The Balaban J connectivity index is 2.00. The van der Waals surface area contributed by atoms with Gasteiger partial charge in [-0.1, -0.05) is 22.9 Å². The molecule has 1 fully saturated rings. The first kappa shape index (κ1) is 11.2. The molecule has 1 unspecified atom stereocenters. The Labute approximate surface area is 109 Å². The van der Waals surface area contributed by atoms with E-state index in [2.05, 4.69) is 37.8 Å². The van der Waals surface area contributed by atoms with Crippen molar-refractivity contribution in [1.82, 2.24) is 19.5 Å². The molecular weight excluding hydrogens is 280 g/mol. The lowest BCUT2D eigenvalue weighted by molar-refractivity contribution is 0.262. The summed E-state index contributed by atoms with van der Waals surface area (Å²) < 4.78 is 2.90. The molecular formula is C12H15BrN4. The number of nitrogens with zero attached hydrogens (tertiary/aromatic N) is 4. The van der Waals surface area contributed by atoms with Crippen molar-refractivity contribution in [1.29, 1.82) is 0 Å². The molecule has 3 heterocycles. The predicted octanol–water partition coefficient (Wildman–Crippen LogP) is 2.65. The van der Waals surface area contributed by atoms with Gasteiger partial charge in [0.2, 0.25) is 0 Å². The van der Waals surface area contributed by atoms with Gasteiger partial charge >= 0.3 is 0 Å². The van der Waals surface area contributed by atoms with E-state index in [4.69, 9.17) is 0 Å². The van der Waals surface area contributed by atoms with E-state index in [0.29, 0.717) is 6.04 Å². The fourth-order valence-corrected chi connectivity index (χ4v) is 2.84. The van der Waals surface area contributed by atoms with Gasteiger partial charge in [0.15, 0.2) is 11.5 Å². The normalized spacial score (nSPS) is 21.4. The van der Waals surface area contributed by atoms with Crippen LogP contribution in [0, 0.1) is 0 Å². The molecule has 0 spiro atoms. The third kappa shape index (κ3) is 1.98. The second kappa shape index (κ2) is 4.38. The first-order valence-corrected chi connectivity index (χ1v) is 6.83. The molecule has 0 aromatic carbocycles. The van der Waals surface area contributed by atoms with Gasteiger partial charge in [0.25, 0.3) is 0 Å². The molecule has 4 nitrogen and oxygen atoms in total. The van der Waals surface area contributed by atoms with Crippen LogP contribution in [0.2, 0.25) is 0 Å². The van der Waals surface area contributed by atoms with Crippen LogP contribution in [0.3, 0.4) is 0 Å². The van der Waals surface area contributed by atoms with Crippen LogP contribution in [-0.2, 0) is 0 Å². The summed E-state index contributed by atoms with van der Waals surface area (Å²) in [6.07, 6.45) is 4.37. The van der Waals surface area contributed by atoms with Crippen LogP contribution < -0.4 is 0 Å². The van der Waals surface area contributed by atoms with Crippen molar-refractivity contribution in [3.8, 4) is 0 Å². The molecule has 1 saturated heterocycles. The Kier molecular flexibility index (Phi) is 2.88. The van der Waals surface area contributed by atoms with Crippen LogP contribution in [0.4, 0.5) is 0 Å². The Morgan fingerprint density at radius 1 is 1.53 bits per heavy atom. The average molecular weight is 295 g/mol. The van der Waals surface area contributed by atoms with Crippen LogP contribution in [0.5, 0.6) is 0 Å². The number of hydrogen-bond donors (Lipinski definition) is 0. The fourth-order valence-electron chi connectivity index (χ4n) is 2.51. The zero-order valence-electron chi connectivity index (χ0n) is 9.80. The Bertz CT molecular complexity index is 536. The first-order valence-electron chi connectivity index (χ1n) is 6.04. The van der Waals surface area contributed by atoms with Crippen molar-refractivity contribution in [2.24, 2.45) is 0 Å². The van der Waals surface area contributed by atoms with E-state index >= 15 is 0 Å². The quantitative estimate of drug-likeness (QED) is 0.854. The van der Waals surface area contributed by atoms with Gasteiger partial charge in [0.05, 0.1) is 6.04 Å². The van der Waals surface area contributed by atoms with Gasteiger partial charge in [0.1, 0.15) is 0 Å². The fraction of sp³-hybridized carbons (Fsp3) is 0.500. The van der Waals surface area contributed by atoms with Crippen molar-refractivity contribution in [3.63, 3.8) is 0 Å². The highest BCUT2D eigenvalue weighted by molar-refractivity contribution is 9.10. The summed E-state index contributed by atoms with van der Waals surface area (Å²) in [7, 11) is 0. The van der Waals surface area contributed by atoms with Crippen LogP contribution >= 0.6 is 15.9 Å². The summed E-state index contributed by atoms with van der Waals surface area (Å²) in [6, 6.07) is 4.39. The third-order valence-electron chi connectivity index (χ3n) is 3.38. The molecule has 3 rings (SSSR count). The molecule has 0 radical (unpaired) electrons. The second-order valence-corrected chi connectivity index (χ2v) is 5.32. The number of pyridine rings is 1. The molecule has 0 N–H and O–H groups in total. The Morgan fingerprint density at radius 2 is 2.41 bits per heavy atom. The van der Waals surface area contributed by atoms with E-state index in [0.717, 1.165) is 22.5 Å². The van der Waals surface area contributed by atoms with Crippen molar-refractivity contribution < 1.29 is 0 Å². The Hall–Kier alpha value is -0.940. The molecule has 2 aromatic rings. The summed E-state index contributed by atoms with van der Waals surface area (Å²) >= 11 is 3.46. The summed E-state index contributed by atoms with van der Waals surface area (Å²) in [5.74, 6) is 0.961. The highest BCUT2D eigenvalue weighted by Crippen LogP contribution is 2.29. The van der Waals surface area contributed by atoms with Crippen molar-refractivity contribution in [3.05, 3.63) is 28.6 Å². The SMILES string of the molecule is CCN1CCCC1c1nc2cc(Br)ccn2n1. The van der Waals surface area contributed by atoms with Gasteiger partial charge in [-0.3, -0.25) is 4.90 Å². The molecule has 1 aliphatic rings. The molecule has 5 heteroatoms. The molecule has 0 bridgehead atoms. The molecule has 2 aromatic heterocycles. The maximum atomic E-state index is 4.63. The minimum Gasteiger partial charge on any atom is -0.294 e. The van der Waals surface area contributed by atoms with Crippen LogP contribution in [0.1, 0.15) is 31.6 Å². The zero-order chi connectivity index (χ0) is 11.8. The Morgan fingerprint density at radius 3 is 3.24 bits per heavy atom. The monoisotopic (exact) mass is 294 g/mol. The number of hydrogen-bond acceptors (Lipinski definition) is 3. The van der Waals surface area contributed by atoms with Gasteiger partial charge in [-0.15, -0.1) is 5.10 Å². The lowest BCUT2D eigenvalue weighted by atomic mass is 10.2. The first-order chi connectivity index (χ1) is 8.28. The van der Waals surface area contributed by atoms with Gasteiger partial charge in [0, 0.05) is 10.7 Å². The number of halogens is 1. The lowest BCUT2D eigenvalue weighted by Gasteiger charge is -2.19. The van der Waals surface area contributed by atoms with Crippen molar-refractivity contribution >= 4 is 21.6 Å². The van der Waals surface area contributed by atoms with Crippen LogP contribution in [0.25, 0.3) is 5.65 Å².